The summed E-state index contributed by atoms with van der Waals surface area (Å²) in [5, 5.41) is 29.8. The number of phenols is 2. The fraction of sp³-hybridized carbons (Fsp3) is 0.286. The van der Waals surface area contributed by atoms with E-state index >= 15 is 0 Å². The molecule has 1 aromatic carbocycles. The molecule has 0 aliphatic rings. The van der Waals surface area contributed by atoms with Crippen LogP contribution in [0.3, 0.4) is 0 Å². The van der Waals surface area contributed by atoms with Crippen molar-refractivity contribution in [2.24, 2.45) is 0 Å². The lowest BCUT2D eigenvalue weighted by Gasteiger charge is -2.13. The van der Waals surface area contributed by atoms with Gasteiger partial charge in [0.25, 0.3) is 0 Å². The third kappa shape index (κ3) is 5.15. The molecule has 1 atom stereocenters. The number of benzene rings is 1. The smallest absolute Gasteiger partial charge is 0.331 e. The third-order valence-corrected chi connectivity index (χ3v) is 2.50. The second-order valence-electron chi connectivity index (χ2n) is 4.08. The summed E-state index contributed by atoms with van der Waals surface area (Å²) in [6, 6.07) is 2.92. The molecule has 0 saturated carbocycles. The number of nitrogens with one attached hydrogen (secondary N) is 1. The van der Waals surface area contributed by atoms with Crippen molar-refractivity contribution in [2.45, 2.75) is 13.0 Å². The van der Waals surface area contributed by atoms with Gasteiger partial charge in [0.15, 0.2) is 17.5 Å². The van der Waals surface area contributed by atoms with E-state index in [-0.39, 0.29) is 18.1 Å². The van der Waals surface area contributed by atoms with Crippen molar-refractivity contribution in [1.29, 1.82) is 0 Å². The topological polar surface area (TPSA) is 116 Å². The molecule has 0 aromatic heterocycles. The van der Waals surface area contributed by atoms with Crippen LogP contribution in [0.15, 0.2) is 24.3 Å². The quantitative estimate of drug-likeness (QED) is 0.337. The van der Waals surface area contributed by atoms with Crippen molar-refractivity contribution in [3.05, 3.63) is 29.8 Å². The van der Waals surface area contributed by atoms with Gasteiger partial charge in [0.1, 0.15) is 0 Å². The average Bonchev–Trinajstić information content (AvgIpc) is 2.46. The van der Waals surface area contributed by atoms with Gasteiger partial charge >= 0.3 is 5.97 Å². The summed E-state index contributed by atoms with van der Waals surface area (Å²) in [6.07, 6.45) is 2.52. The van der Waals surface area contributed by atoms with Gasteiger partial charge in [-0.2, -0.15) is 0 Å². The first-order valence-corrected chi connectivity index (χ1v) is 6.26. The van der Waals surface area contributed by atoms with Crippen molar-refractivity contribution < 1.29 is 29.6 Å². The molecule has 0 fully saturated rings. The van der Waals surface area contributed by atoms with E-state index in [1.165, 1.54) is 24.3 Å². The highest BCUT2D eigenvalue weighted by atomic mass is 16.5. The van der Waals surface area contributed by atoms with Crippen LogP contribution in [0.2, 0.25) is 0 Å². The van der Waals surface area contributed by atoms with Crippen LogP contribution >= 0.6 is 0 Å². The van der Waals surface area contributed by atoms with Gasteiger partial charge < -0.3 is 25.4 Å². The maximum atomic E-state index is 11.6. The van der Waals surface area contributed by atoms with Gasteiger partial charge in [-0.05, 0) is 30.7 Å². The number of aliphatic hydroxyl groups excluding tert-OH is 1. The van der Waals surface area contributed by atoms with Crippen molar-refractivity contribution in [3.63, 3.8) is 0 Å². The number of carbonyl (C=O) groups excluding carboxylic acids is 2. The lowest BCUT2D eigenvalue weighted by atomic mass is 10.2. The monoisotopic (exact) mass is 295 g/mol. The molecule has 4 N–H and O–H groups in total. The molecule has 7 heteroatoms. The minimum atomic E-state index is -1.13. The Balaban J connectivity index is 2.65. The number of rotatable bonds is 6. The van der Waals surface area contributed by atoms with Crippen LogP contribution in [0.4, 0.5) is 0 Å². The van der Waals surface area contributed by atoms with Crippen LogP contribution < -0.4 is 5.32 Å². The molecule has 21 heavy (non-hydrogen) atoms. The lowest BCUT2D eigenvalue weighted by molar-refractivity contribution is -0.148. The summed E-state index contributed by atoms with van der Waals surface area (Å²) in [5.41, 5.74) is 0.483. The highest BCUT2D eigenvalue weighted by Crippen LogP contribution is 2.25. The molecule has 114 valence electrons. The van der Waals surface area contributed by atoms with E-state index in [0.717, 1.165) is 6.08 Å². The standard InChI is InChI=1S/C14H17NO6/c1-2-21-14(20)10(8-16)15-13(19)6-4-9-3-5-11(17)12(18)7-9/h3-7,10,16-18H,2,8H2,1H3,(H,15,19)/t10-/m0/s1. The molecule has 1 rings (SSSR count). The summed E-state index contributed by atoms with van der Waals surface area (Å²) in [4.78, 5) is 23.0. The average molecular weight is 295 g/mol. The maximum Gasteiger partial charge on any atom is 0.331 e. The Morgan fingerprint density at radius 3 is 2.62 bits per heavy atom. The Bertz CT molecular complexity index is 540. The molecule has 0 saturated heterocycles. The molecule has 0 radical (unpaired) electrons. The first-order chi connectivity index (χ1) is 9.97. The van der Waals surface area contributed by atoms with Gasteiger partial charge in [0, 0.05) is 6.08 Å². The number of aliphatic hydroxyl groups is 1. The predicted octanol–water partition coefficient (Wildman–Crippen LogP) is 0.151. The highest BCUT2D eigenvalue weighted by Gasteiger charge is 2.19. The molecule has 0 heterocycles. The van der Waals surface area contributed by atoms with Crippen molar-refractivity contribution >= 4 is 18.0 Å². The summed E-state index contributed by atoms with van der Waals surface area (Å²) in [7, 11) is 0. The number of hydrogen-bond donors (Lipinski definition) is 4. The second kappa shape index (κ2) is 7.91. The number of ether oxygens (including phenoxy) is 1. The van der Waals surface area contributed by atoms with Gasteiger partial charge in [-0.3, -0.25) is 4.79 Å². The van der Waals surface area contributed by atoms with Crippen LogP contribution in [0.25, 0.3) is 6.08 Å². The fourth-order valence-corrected chi connectivity index (χ4v) is 1.46. The van der Waals surface area contributed by atoms with Crippen LogP contribution in [-0.4, -0.2) is 46.5 Å². The van der Waals surface area contributed by atoms with E-state index in [1.807, 2.05) is 0 Å². The van der Waals surface area contributed by atoms with Crippen LogP contribution in [0, 0.1) is 0 Å². The zero-order valence-electron chi connectivity index (χ0n) is 11.4. The Labute approximate surface area is 121 Å². The Kier molecular flexibility index (Phi) is 6.22. The lowest BCUT2D eigenvalue weighted by Crippen LogP contribution is -2.43. The van der Waals surface area contributed by atoms with E-state index in [1.54, 1.807) is 6.92 Å². The van der Waals surface area contributed by atoms with E-state index in [2.05, 4.69) is 10.1 Å². The van der Waals surface area contributed by atoms with Crippen molar-refractivity contribution in [2.75, 3.05) is 13.2 Å². The van der Waals surface area contributed by atoms with Gasteiger partial charge in [0.05, 0.1) is 13.2 Å². The zero-order chi connectivity index (χ0) is 15.8. The van der Waals surface area contributed by atoms with E-state index in [4.69, 9.17) is 10.2 Å². The Morgan fingerprint density at radius 2 is 2.05 bits per heavy atom. The number of amides is 1. The van der Waals surface area contributed by atoms with E-state index in [9.17, 15) is 14.7 Å². The molecule has 0 unspecified atom stereocenters. The van der Waals surface area contributed by atoms with Crippen molar-refractivity contribution in [1.82, 2.24) is 5.32 Å². The molecular formula is C14H17NO6. The first-order valence-electron chi connectivity index (χ1n) is 6.26. The SMILES string of the molecule is CCOC(=O)[C@H](CO)NC(=O)C=Cc1ccc(O)c(O)c1. The number of aromatic hydroxyl groups is 2. The summed E-state index contributed by atoms with van der Waals surface area (Å²) < 4.78 is 4.69. The first kappa shape index (κ1) is 16.5. The second-order valence-corrected chi connectivity index (χ2v) is 4.08. The molecule has 0 spiro atoms. The maximum absolute atomic E-state index is 11.6. The van der Waals surface area contributed by atoms with Crippen LogP contribution in [0.1, 0.15) is 12.5 Å². The summed E-state index contributed by atoms with van der Waals surface area (Å²) >= 11 is 0. The molecule has 7 nitrogen and oxygen atoms in total. The number of esters is 1. The Morgan fingerprint density at radius 1 is 1.33 bits per heavy atom. The minimum absolute atomic E-state index is 0.147. The number of phenolic OH excluding ortho intramolecular Hbond substituents is 2. The van der Waals surface area contributed by atoms with Crippen molar-refractivity contribution in [3.8, 4) is 11.5 Å². The zero-order valence-corrected chi connectivity index (χ0v) is 11.4. The largest absolute Gasteiger partial charge is 0.504 e. The van der Waals surface area contributed by atoms with Crippen LogP contribution in [-0.2, 0) is 14.3 Å². The van der Waals surface area contributed by atoms with Gasteiger partial charge in [-0.25, -0.2) is 4.79 Å². The molecule has 0 bridgehead atoms. The van der Waals surface area contributed by atoms with Gasteiger partial charge in [0.2, 0.25) is 5.91 Å². The van der Waals surface area contributed by atoms with Gasteiger partial charge in [-0.1, -0.05) is 6.07 Å². The minimum Gasteiger partial charge on any atom is -0.504 e. The Hall–Kier alpha value is -2.54. The number of hydrogen-bond acceptors (Lipinski definition) is 6. The summed E-state index contributed by atoms with van der Waals surface area (Å²) in [5.74, 6) is -1.89. The van der Waals surface area contributed by atoms with Gasteiger partial charge in [-0.15, -0.1) is 0 Å². The molecular weight excluding hydrogens is 278 g/mol. The van der Waals surface area contributed by atoms with Crippen LogP contribution in [0.5, 0.6) is 11.5 Å². The predicted molar refractivity (Wildman–Crippen MR) is 74.5 cm³/mol. The molecule has 0 aliphatic heterocycles. The normalized spacial score (nSPS) is 12.1. The molecule has 1 amide bonds. The van der Waals surface area contributed by atoms with E-state index < -0.39 is 24.5 Å². The highest BCUT2D eigenvalue weighted by molar-refractivity contribution is 5.94. The molecule has 1 aromatic rings. The molecule has 0 aliphatic carbocycles. The summed E-state index contributed by atoms with van der Waals surface area (Å²) in [6.45, 7) is 1.19. The fourth-order valence-electron chi connectivity index (χ4n) is 1.46. The van der Waals surface area contributed by atoms with E-state index in [0.29, 0.717) is 5.56 Å². The third-order valence-electron chi connectivity index (χ3n) is 2.50. The number of carbonyl (C=O) groups is 2.